The Labute approximate surface area is 119 Å². The van der Waals surface area contributed by atoms with Gasteiger partial charge in [0.05, 0.1) is 0 Å². The van der Waals surface area contributed by atoms with E-state index in [9.17, 15) is 0 Å². The van der Waals surface area contributed by atoms with E-state index in [0.29, 0.717) is 5.41 Å². The van der Waals surface area contributed by atoms with Gasteiger partial charge in [-0.15, -0.1) is 0 Å². The Kier molecular flexibility index (Phi) is 5.67. The van der Waals surface area contributed by atoms with Crippen molar-refractivity contribution in [3.8, 4) is 0 Å². The van der Waals surface area contributed by atoms with Gasteiger partial charge in [0.25, 0.3) is 0 Å². The molecule has 0 saturated carbocycles. The van der Waals surface area contributed by atoms with Crippen molar-refractivity contribution in [3.05, 3.63) is 0 Å². The van der Waals surface area contributed by atoms with Gasteiger partial charge in [0.1, 0.15) is 0 Å². The van der Waals surface area contributed by atoms with Crippen LogP contribution in [0.5, 0.6) is 0 Å². The van der Waals surface area contributed by atoms with E-state index in [1.165, 1.54) is 71.5 Å². The van der Waals surface area contributed by atoms with Gasteiger partial charge in [0, 0.05) is 19.1 Å². The Morgan fingerprint density at radius 3 is 2.42 bits per heavy atom. The number of rotatable bonds is 6. The minimum Gasteiger partial charge on any atom is -0.317 e. The van der Waals surface area contributed by atoms with E-state index in [1.54, 1.807) is 0 Å². The zero-order chi connectivity index (χ0) is 13.7. The highest BCUT2D eigenvalue weighted by Gasteiger charge is 2.35. The summed E-state index contributed by atoms with van der Waals surface area (Å²) in [4.78, 5) is 5.39. The Bertz CT molecular complexity index is 257. The molecular formula is C16H33N3. The molecule has 0 amide bonds. The third-order valence-electron chi connectivity index (χ3n) is 5.55. The van der Waals surface area contributed by atoms with Crippen molar-refractivity contribution in [2.75, 3.05) is 45.8 Å². The van der Waals surface area contributed by atoms with Crippen LogP contribution in [0.15, 0.2) is 0 Å². The molecule has 1 unspecified atom stereocenters. The molecule has 0 aromatic carbocycles. The van der Waals surface area contributed by atoms with Gasteiger partial charge in [-0.1, -0.05) is 20.8 Å². The number of nitrogens with one attached hydrogen (secondary N) is 1. The first-order valence-corrected chi connectivity index (χ1v) is 8.40. The molecule has 2 fully saturated rings. The Morgan fingerprint density at radius 1 is 1.16 bits per heavy atom. The number of hydrogen-bond acceptors (Lipinski definition) is 3. The fourth-order valence-electron chi connectivity index (χ4n) is 4.05. The van der Waals surface area contributed by atoms with Crippen molar-refractivity contribution in [2.45, 2.75) is 52.5 Å². The minimum atomic E-state index is 0.601. The van der Waals surface area contributed by atoms with E-state index in [-0.39, 0.29) is 0 Å². The largest absolute Gasteiger partial charge is 0.317 e. The van der Waals surface area contributed by atoms with Crippen molar-refractivity contribution in [2.24, 2.45) is 5.41 Å². The topological polar surface area (TPSA) is 18.5 Å². The van der Waals surface area contributed by atoms with Crippen molar-refractivity contribution in [3.63, 3.8) is 0 Å². The first-order chi connectivity index (χ1) is 9.23. The number of piperidine rings is 1. The van der Waals surface area contributed by atoms with Crippen LogP contribution in [-0.2, 0) is 0 Å². The average molecular weight is 267 g/mol. The lowest BCUT2D eigenvalue weighted by Gasteiger charge is -2.40. The minimum absolute atomic E-state index is 0.601. The molecule has 2 saturated heterocycles. The summed E-state index contributed by atoms with van der Waals surface area (Å²) in [5.41, 5.74) is 0.601. The van der Waals surface area contributed by atoms with Gasteiger partial charge in [0.2, 0.25) is 0 Å². The molecule has 2 rings (SSSR count). The van der Waals surface area contributed by atoms with Gasteiger partial charge in [-0.3, -0.25) is 4.90 Å². The van der Waals surface area contributed by atoms with Gasteiger partial charge in [-0.2, -0.15) is 0 Å². The van der Waals surface area contributed by atoms with Crippen LogP contribution in [0.1, 0.15) is 46.5 Å². The molecule has 2 heterocycles. The molecule has 112 valence electrons. The van der Waals surface area contributed by atoms with E-state index in [0.717, 1.165) is 6.04 Å². The summed E-state index contributed by atoms with van der Waals surface area (Å²) in [5, 5.41) is 3.52. The summed E-state index contributed by atoms with van der Waals surface area (Å²) in [5.74, 6) is 0. The maximum Gasteiger partial charge on any atom is 0.0235 e. The van der Waals surface area contributed by atoms with Crippen molar-refractivity contribution >= 4 is 0 Å². The quantitative estimate of drug-likeness (QED) is 0.796. The first kappa shape index (κ1) is 15.3. The van der Waals surface area contributed by atoms with Gasteiger partial charge in [0.15, 0.2) is 0 Å². The standard InChI is InChI=1S/C16H33N3/c1-4-16(8-10-17-11-9-16)14-18-12-7-15(13-18)19(5-2)6-3/h15,17H,4-14H2,1-3H3. The summed E-state index contributed by atoms with van der Waals surface area (Å²) in [6, 6.07) is 0.811. The summed E-state index contributed by atoms with van der Waals surface area (Å²) < 4.78 is 0. The first-order valence-electron chi connectivity index (χ1n) is 8.40. The summed E-state index contributed by atoms with van der Waals surface area (Å²) in [6.07, 6.45) is 5.46. The molecule has 0 spiro atoms. The normalized spacial score (nSPS) is 28.1. The lowest BCUT2D eigenvalue weighted by Crippen LogP contribution is -2.45. The van der Waals surface area contributed by atoms with Crippen molar-refractivity contribution < 1.29 is 0 Å². The Balaban J connectivity index is 1.86. The highest BCUT2D eigenvalue weighted by Crippen LogP contribution is 2.34. The van der Waals surface area contributed by atoms with E-state index in [2.05, 4.69) is 35.9 Å². The highest BCUT2D eigenvalue weighted by molar-refractivity contribution is 4.90. The third kappa shape index (κ3) is 3.71. The SMILES string of the molecule is CCN(CC)C1CCN(CC2(CC)CCNCC2)C1. The Morgan fingerprint density at radius 2 is 1.84 bits per heavy atom. The zero-order valence-corrected chi connectivity index (χ0v) is 13.2. The molecule has 1 atom stereocenters. The van der Waals surface area contributed by atoms with Crippen LogP contribution >= 0.6 is 0 Å². The molecular weight excluding hydrogens is 234 g/mol. The van der Waals surface area contributed by atoms with E-state index in [1.807, 2.05) is 0 Å². The molecule has 3 nitrogen and oxygen atoms in total. The fraction of sp³-hybridized carbons (Fsp3) is 1.00. The molecule has 1 N–H and O–H groups in total. The van der Waals surface area contributed by atoms with Crippen LogP contribution in [0.3, 0.4) is 0 Å². The van der Waals surface area contributed by atoms with Crippen LogP contribution in [0.25, 0.3) is 0 Å². The molecule has 0 aliphatic carbocycles. The third-order valence-corrected chi connectivity index (χ3v) is 5.55. The van der Waals surface area contributed by atoms with E-state index in [4.69, 9.17) is 0 Å². The van der Waals surface area contributed by atoms with Crippen LogP contribution in [-0.4, -0.2) is 61.7 Å². The smallest absolute Gasteiger partial charge is 0.0235 e. The average Bonchev–Trinajstić information content (AvgIpc) is 2.89. The zero-order valence-electron chi connectivity index (χ0n) is 13.2. The Hall–Kier alpha value is -0.120. The number of nitrogens with zero attached hydrogens (tertiary/aromatic N) is 2. The van der Waals surface area contributed by atoms with E-state index >= 15 is 0 Å². The molecule has 2 aliphatic heterocycles. The predicted octanol–water partition coefficient (Wildman–Crippen LogP) is 2.18. The molecule has 2 aliphatic rings. The second-order valence-electron chi connectivity index (χ2n) is 6.50. The fourth-order valence-corrected chi connectivity index (χ4v) is 4.05. The van der Waals surface area contributed by atoms with Gasteiger partial charge < -0.3 is 10.2 Å². The van der Waals surface area contributed by atoms with Gasteiger partial charge in [-0.05, 0) is 63.8 Å². The van der Waals surface area contributed by atoms with Gasteiger partial charge in [-0.25, -0.2) is 0 Å². The molecule has 0 aromatic rings. The molecule has 0 bridgehead atoms. The summed E-state index contributed by atoms with van der Waals surface area (Å²) in [6.45, 7) is 15.8. The maximum atomic E-state index is 3.52. The lowest BCUT2D eigenvalue weighted by atomic mass is 9.76. The predicted molar refractivity (Wildman–Crippen MR) is 82.6 cm³/mol. The van der Waals surface area contributed by atoms with Crippen molar-refractivity contribution in [1.29, 1.82) is 0 Å². The van der Waals surface area contributed by atoms with E-state index < -0.39 is 0 Å². The second kappa shape index (κ2) is 7.05. The monoisotopic (exact) mass is 267 g/mol. The molecule has 19 heavy (non-hydrogen) atoms. The molecule has 3 heteroatoms. The summed E-state index contributed by atoms with van der Waals surface area (Å²) >= 11 is 0. The number of likely N-dealkylation sites (tertiary alicyclic amines) is 1. The van der Waals surface area contributed by atoms with Crippen molar-refractivity contribution in [1.82, 2.24) is 15.1 Å². The number of likely N-dealkylation sites (N-methyl/N-ethyl adjacent to an activating group) is 1. The van der Waals surface area contributed by atoms with Crippen LogP contribution in [0.2, 0.25) is 0 Å². The summed E-state index contributed by atoms with van der Waals surface area (Å²) in [7, 11) is 0. The number of hydrogen-bond donors (Lipinski definition) is 1. The highest BCUT2D eigenvalue weighted by atomic mass is 15.3. The van der Waals surface area contributed by atoms with Gasteiger partial charge >= 0.3 is 0 Å². The van der Waals surface area contributed by atoms with Crippen LogP contribution in [0.4, 0.5) is 0 Å². The second-order valence-corrected chi connectivity index (χ2v) is 6.50. The van der Waals surface area contributed by atoms with Crippen LogP contribution in [0, 0.1) is 5.41 Å². The lowest BCUT2D eigenvalue weighted by molar-refractivity contribution is 0.114. The molecule has 0 radical (unpaired) electrons. The molecule has 0 aromatic heterocycles. The van der Waals surface area contributed by atoms with Crippen LogP contribution < -0.4 is 5.32 Å². The maximum absolute atomic E-state index is 3.52.